The molecule has 0 fully saturated rings. The molecule has 52 heavy (non-hydrogen) atoms. The molecule has 1 heterocycles. The summed E-state index contributed by atoms with van der Waals surface area (Å²) in [7, 11) is 0. The molecule has 14 heteroatoms. The van der Waals surface area contributed by atoms with Crippen LogP contribution in [0.3, 0.4) is 0 Å². The number of halogens is 2. The summed E-state index contributed by atoms with van der Waals surface area (Å²) in [6.07, 6.45) is 0.589. The number of carboxylic acids is 1. The number of carbonyl (C=O) groups excluding carboxylic acids is 4. The van der Waals surface area contributed by atoms with E-state index in [0.29, 0.717) is 17.0 Å². The van der Waals surface area contributed by atoms with E-state index in [-0.39, 0.29) is 27.4 Å². The number of carboxylic acid groups (broad SMARTS) is 1. The van der Waals surface area contributed by atoms with Gasteiger partial charge in [0.15, 0.2) is 12.4 Å². The maximum atomic E-state index is 14.1. The summed E-state index contributed by atoms with van der Waals surface area (Å²) in [4.78, 5) is 71.4. The first kappa shape index (κ1) is 37.8. The number of esters is 1. The first-order valence-electron chi connectivity index (χ1n) is 16.2. The van der Waals surface area contributed by atoms with E-state index in [1.165, 1.54) is 24.3 Å². The van der Waals surface area contributed by atoms with Crippen LogP contribution in [0.1, 0.15) is 41.0 Å². The lowest BCUT2D eigenvalue weighted by Gasteiger charge is -2.27. The Morgan fingerprint density at radius 3 is 2.21 bits per heavy atom. The van der Waals surface area contributed by atoms with E-state index in [9.17, 15) is 29.1 Å². The van der Waals surface area contributed by atoms with Gasteiger partial charge < -0.3 is 25.2 Å². The first-order chi connectivity index (χ1) is 24.9. The second kappa shape index (κ2) is 16.7. The van der Waals surface area contributed by atoms with Gasteiger partial charge in [-0.1, -0.05) is 97.7 Å². The molecule has 1 unspecified atom stereocenters. The highest BCUT2D eigenvalue weighted by molar-refractivity contribution is 6.39. The number of Topliss-reactive ketones (excluding diaryl/α,β-unsaturated/α-hetero) is 1. The Labute approximate surface area is 309 Å². The number of hydrogen-bond donors (Lipinski definition) is 4. The number of para-hydroxylation sites is 1. The van der Waals surface area contributed by atoms with E-state index in [1.807, 2.05) is 44.2 Å². The van der Waals surface area contributed by atoms with Crippen molar-refractivity contribution in [2.75, 3.05) is 13.2 Å². The lowest BCUT2D eigenvalue weighted by molar-refractivity contribution is -0.151. The lowest BCUT2D eigenvalue weighted by atomic mass is 9.95. The average Bonchev–Trinajstić information content (AvgIpc) is 3.56. The monoisotopic (exact) mass is 747 g/mol. The number of carbonyl (C=O) groups is 5. The molecule has 270 valence electrons. The molecule has 0 bridgehead atoms. The van der Waals surface area contributed by atoms with E-state index in [1.54, 1.807) is 42.5 Å². The van der Waals surface area contributed by atoms with Crippen LogP contribution in [0, 0.1) is 5.92 Å². The molecule has 4 aromatic rings. The van der Waals surface area contributed by atoms with Crippen molar-refractivity contribution in [3.05, 3.63) is 124 Å². The number of benzene rings is 4. The van der Waals surface area contributed by atoms with Crippen molar-refractivity contribution >= 4 is 63.5 Å². The fourth-order valence-electron chi connectivity index (χ4n) is 5.52. The topological polar surface area (TPSA) is 169 Å². The second-order valence-electron chi connectivity index (χ2n) is 12.3. The van der Waals surface area contributed by atoms with Gasteiger partial charge in [-0.3, -0.25) is 29.5 Å². The SMILES string of the molecule is CC(C)[C@H](NC(=O)c1cccc2ccccc12)C1=CC(COc2ccccc2)(C(=O)N[C@@H](CC(=O)O)C(=O)COC(=O)c2c(Cl)cccc2Cl)ON1. The maximum Gasteiger partial charge on any atom is 0.341 e. The fraction of sp³-hybridized carbons (Fsp3) is 0.237. The van der Waals surface area contributed by atoms with Crippen LogP contribution in [0.2, 0.25) is 10.0 Å². The predicted molar refractivity (Wildman–Crippen MR) is 193 cm³/mol. The molecule has 4 aromatic carbocycles. The number of fused-ring (bicyclic) bond motifs is 1. The number of rotatable bonds is 15. The fourth-order valence-corrected chi connectivity index (χ4v) is 6.07. The number of amides is 2. The molecular formula is C38H35Cl2N3O9. The number of ketones is 1. The van der Waals surface area contributed by atoms with Crippen molar-refractivity contribution in [3.63, 3.8) is 0 Å². The zero-order valence-electron chi connectivity index (χ0n) is 28.1. The van der Waals surface area contributed by atoms with Gasteiger partial charge >= 0.3 is 11.9 Å². The van der Waals surface area contributed by atoms with Crippen LogP contribution < -0.4 is 20.9 Å². The summed E-state index contributed by atoms with van der Waals surface area (Å²) >= 11 is 12.1. The Kier molecular flexibility index (Phi) is 12.2. The molecule has 1 aliphatic heterocycles. The third-order valence-corrected chi connectivity index (χ3v) is 8.86. The third kappa shape index (κ3) is 8.89. The molecule has 0 aromatic heterocycles. The Morgan fingerprint density at radius 2 is 1.52 bits per heavy atom. The molecular weight excluding hydrogens is 713 g/mol. The highest BCUT2D eigenvalue weighted by Gasteiger charge is 2.47. The first-order valence-corrected chi connectivity index (χ1v) is 16.9. The van der Waals surface area contributed by atoms with Crippen LogP contribution >= 0.6 is 23.2 Å². The molecule has 0 spiro atoms. The van der Waals surface area contributed by atoms with Crippen molar-refractivity contribution < 1.29 is 43.4 Å². The van der Waals surface area contributed by atoms with Crippen molar-refractivity contribution in [1.82, 2.24) is 16.1 Å². The Bertz CT molecular complexity index is 2000. The van der Waals surface area contributed by atoms with Crippen LogP contribution in [0.5, 0.6) is 5.75 Å². The number of hydrogen-bond acceptors (Lipinski definition) is 9. The van der Waals surface area contributed by atoms with Gasteiger partial charge in [0.05, 0.1) is 33.8 Å². The quantitative estimate of drug-likeness (QED) is 0.114. The summed E-state index contributed by atoms with van der Waals surface area (Å²) in [6.45, 7) is 2.42. The van der Waals surface area contributed by atoms with Crippen molar-refractivity contribution in [1.29, 1.82) is 0 Å². The maximum absolute atomic E-state index is 14.1. The van der Waals surface area contributed by atoms with Crippen LogP contribution in [0.4, 0.5) is 0 Å². The summed E-state index contributed by atoms with van der Waals surface area (Å²) < 4.78 is 11.0. The minimum atomic E-state index is -1.96. The van der Waals surface area contributed by atoms with Gasteiger partial charge in [-0.05, 0) is 53.1 Å². The second-order valence-corrected chi connectivity index (χ2v) is 13.1. The number of aliphatic carboxylic acids is 1. The van der Waals surface area contributed by atoms with E-state index in [2.05, 4.69) is 16.1 Å². The van der Waals surface area contributed by atoms with Gasteiger partial charge in [-0.2, -0.15) is 0 Å². The van der Waals surface area contributed by atoms with Crippen LogP contribution in [-0.4, -0.2) is 65.5 Å². The Hall–Kier alpha value is -5.43. The van der Waals surface area contributed by atoms with Crippen molar-refractivity contribution in [2.24, 2.45) is 5.92 Å². The molecule has 0 saturated carbocycles. The average molecular weight is 749 g/mol. The minimum absolute atomic E-state index is 0.0119. The molecule has 0 saturated heterocycles. The minimum Gasteiger partial charge on any atom is -0.490 e. The van der Waals surface area contributed by atoms with Crippen molar-refractivity contribution in [2.45, 2.75) is 38.0 Å². The van der Waals surface area contributed by atoms with Gasteiger partial charge in [0.25, 0.3) is 11.8 Å². The summed E-state index contributed by atoms with van der Waals surface area (Å²) in [5, 5.41) is 16.7. The third-order valence-electron chi connectivity index (χ3n) is 8.23. The number of nitrogens with one attached hydrogen (secondary N) is 3. The molecule has 3 atom stereocenters. The molecule has 1 aliphatic rings. The lowest BCUT2D eigenvalue weighted by Crippen LogP contribution is -2.56. The van der Waals surface area contributed by atoms with Crippen LogP contribution in [-0.2, 0) is 24.0 Å². The van der Waals surface area contributed by atoms with Gasteiger partial charge in [0.1, 0.15) is 18.4 Å². The summed E-state index contributed by atoms with van der Waals surface area (Å²) in [5.74, 6) is -4.46. The zero-order chi connectivity index (χ0) is 37.4. The largest absolute Gasteiger partial charge is 0.490 e. The van der Waals surface area contributed by atoms with E-state index in [4.69, 9.17) is 37.5 Å². The van der Waals surface area contributed by atoms with Crippen LogP contribution in [0.15, 0.2) is 103 Å². The van der Waals surface area contributed by atoms with E-state index < -0.39 is 60.9 Å². The molecule has 0 aliphatic carbocycles. The standard InChI is InChI=1S/C38H35Cl2N3O9/c1-22(2)34(42-35(47)26-15-8-11-23-10-6-7-14-25(23)26)30-19-38(52-43-30,21-51-24-12-4-3-5-13-24)37(49)41-29(18-32(45)46)31(44)20-50-36(48)33-27(39)16-9-17-28(33)40/h3-17,19,22,29,34,43H,18,20-21H2,1-2H3,(H,41,49)(H,42,47)(H,45,46)/t29-,34-,38?/m0/s1. The summed E-state index contributed by atoms with van der Waals surface area (Å²) in [6, 6.07) is 23.4. The van der Waals surface area contributed by atoms with Gasteiger partial charge in [0, 0.05) is 5.56 Å². The normalized spacial score (nSPS) is 16.3. The van der Waals surface area contributed by atoms with Crippen LogP contribution in [0.25, 0.3) is 10.8 Å². The van der Waals surface area contributed by atoms with Gasteiger partial charge in [-0.25, -0.2) is 4.79 Å². The molecule has 5 rings (SSSR count). The highest BCUT2D eigenvalue weighted by atomic mass is 35.5. The Balaban J connectivity index is 1.40. The zero-order valence-corrected chi connectivity index (χ0v) is 29.6. The molecule has 0 radical (unpaired) electrons. The van der Waals surface area contributed by atoms with E-state index >= 15 is 0 Å². The van der Waals surface area contributed by atoms with E-state index in [0.717, 1.165) is 10.8 Å². The smallest absolute Gasteiger partial charge is 0.341 e. The Morgan fingerprint density at radius 1 is 0.865 bits per heavy atom. The van der Waals surface area contributed by atoms with Gasteiger partial charge in [0.2, 0.25) is 5.60 Å². The number of hydroxylamine groups is 1. The van der Waals surface area contributed by atoms with Gasteiger partial charge in [-0.15, -0.1) is 0 Å². The predicted octanol–water partition coefficient (Wildman–Crippen LogP) is 5.52. The van der Waals surface area contributed by atoms with Crippen molar-refractivity contribution in [3.8, 4) is 5.75 Å². The molecule has 4 N–H and O–H groups in total. The summed E-state index contributed by atoms with van der Waals surface area (Å²) in [5.41, 5.74) is 1.40. The molecule has 12 nitrogen and oxygen atoms in total. The highest BCUT2D eigenvalue weighted by Crippen LogP contribution is 2.28. The molecule has 2 amide bonds. The number of ether oxygens (including phenoxy) is 2.